The van der Waals surface area contributed by atoms with E-state index in [1.54, 1.807) is 0 Å². The lowest BCUT2D eigenvalue weighted by Gasteiger charge is -2.47. The molecule has 1 aliphatic heterocycles. The second-order valence-electron chi connectivity index (χ2n) is 9.95. The molecule has 1 unspecified atom stereocenters. The number of benzene rings is 2. The highest BCUT2D eigenvalue weighted by Gasteiger charge is 2.48. The molecule has 0 aliphatic carbocycles. The summed E-state index contributed by atoms with van der Waals surface area (Å²) in [5, 5.41) is 9.24. The highest BCUT2D eigenvalue weighted by atomic mass is 35.5. The molecular formula is C25H27Cl2F2NO6S. The van der Waals surface area contributed by atoms with Gasteiger partial charge in [-0.2, -0.15) is 0 Å². The lowest BCUT2D eigenvalue weighted by atomic mass is 9.90. The van der Waals surface area contributed by atoms with E-state index < -0.39 is 74.6 Å². The number of carbonyl (C=O) groups excluding carboxylic acids is 1. The van der Waals surface area contributed by atoms with Crippen molar-refractivity contribution in [3.63, 3.8) is 0 Å². The monoisotopic (exact) mass is 577 g/mol. The zero-order chi connectivity index (χ0) is 27.9. The molecule has 1 amide bonds. The SMILES string of the molecule is CC(CS(=O)(=O)C(C)(C)C)N1C(=O)[C@H](CC(=O)O)O[C@H](c2cc(F)cc(Cl)c2)[C@H]1c1ccc(Cl)c(F)c1. The molecule has 0 aromatic heterocycles. The third-order valence-electron chi connectivity index (χ3n) is 6.15. The molecule has 0 bridgehead atoms. The molecule has 37 heavy (non-hydrogen) atoms. The van der Waals surface area contributed by atoms with Gasteiger partial charge in [0.2, 0.25) is 0 Å². The minimum atomic E-state index is -3.75. The van der Waals surface area contributed by atoms with Crippen molar-refractivity contribution in [3.8, 4) is 0 Å². The van der Waals surface area contributed by atoms with E-state index in [1.807, 2.05) is 0 Å². The molecular weight excluding hydrogens is 551 g/mol. The summed E-state index contributed by atoms with van der Waals surface area (Å²) in [4.78, 5) is 26.3. The number of nitrogens with zero attached hydrogens (tertiary/aromatic N) is 1. The molecule has 1 aliphatic rings. The standard InChI is InChI=1S/C25H27Cl2F2NO6S/c1-13(12-37(34,35)25(2,3)4)30-22(14-5-6-18(27)19(29)9-14)23(15-7-16(26)10-17(28)8-15)36-20(24(30)33)11-21(31)32/h5-10,13,20,22-23H,11-12H2,1-4H3,(H,31,32)/t13?,20-,22+,23+/m0/s1. The van der Waals surface area contributed by atoms with Crippen LogP contribution in [0.1, 0.15) is 57.4 Å². The number of hydrogen-bond donors (Lipinski definition) is 1. The number of halogens is 4. The minimum Gasteiger partial charge on any atom is -0.481 e. The Morgan fingerprint density at radius 3 is 2.32 bits per heavy atom. The molecule has 2 aromatic carbocycles. The Morgan fingerprint density at radius 1 is 1.14 bits per heavy atom. The summed E-state index contributed by atoms with van der Waals surface area (Å²) in [6, 6.07) is 5.18. The van der Waals surface area contributed by atoms with Crippen molar-refractivity contribution in [2.75, 3.05) is 5.75 Å². The number of morpholine rings is 1. The van der Waals surface area contributed by atoms with Crippen LogP contribution in [0, 0.1) is 11.6 Å². The third-order valence-corrected chi connectivity index (χ3v) is 9.47. The number of aliphatic carboxylic acids is 1. The summed E-state index contributed by atoms with van der Waals surface area (Å²) >= 11 is 11.9. The van der Waals surface area contributed by atoms with Crippen molar-refractivity contribution in [2.45, 2.75) is 63.2 Å². The molecule has 3 rings (SSSR count). The largest absolute Gasteiger partial charge is 0.481 e. The Labute approximate surface area is 224 Å². The first-order chi connectivity index (χ1) is 17.0. The molecule has 0 spiro atoms. The number of carboxylic acids is 1. The van der Waals surface area contributed by atoms with E-state index in [2.05, 4.69) is 0 Å². The summed E-state index contributed by atoms with van der Waals surface area (Å²) in [7, 11) is -3.75. The van der Waals surface area contributed by atoms with E-state index in [1.165, 1.54) is 50.8 Å². The fourth-order valence-electron chi connectivity index (χ4n) is 4.22. The number of rotatable bonds is 7. The second kappa shape index (κ2) is 10.8. The molecule has 202 valence electrons. The zero-order valence-corrected chi connectivity index (χ0v) is 22.9. The minimum absolute atomic E-state index is 0.0150. The number of carboxylic acid groups (broad SMARTS) is 1. The Morgan fingerprint density at radius 2 is 1.78 bits per heavy atom. The van der Waals surface area contributed by atoms with E-state index in [4.69, 9.17) is 27.9 Å². The van der Waals surface area contributed by atoms with Crippen LogP contribution in [-0.4, -0.2) is 52.9 Å². The molecule has 1 N–H and O–H groups in total. The average Bonchev–Trinajstić information content (AvgIpc) is 2.74. The molecule has 0 radical (unpaired) electrons. The van der Waals surface area contributed by atoms with Gasteiger partial charge in [-0.1, -0.05) is 29.3 Å². The van der Waals surface area contributed by atoms with Crippen molar-refractivity contribution in [2.24, 2.45) is 0 Å². The summed E-state index contributed by atoms with van der Waals surface area (Å²) in [6.45, 7) is 6.06. The smallest absolute Gasteiger partial charge is 0.306 e. The predicted octanol–water partition coefficient (Wildman–Crippen LogP) is 5.36. The molecule has 12 heteroatoms. The number of hydrogen-bond acceptors (Lipinski definition) is 5. The van der Waals surface area contributed by atoms with Crippen LogP contribution in [0.15, 0.2) is 36.4 Å². The van der Waals surface area contributed by atoms with E-state index in [9.17, 15) is 31.9 Å². The number of amides is 1. The number of ether oxygens (including phenoxy) is 1. The van der Waals surface area contributed by atoms with Gasteiger partial charge in [0, 0.05) is 11.1 Å². The Kier molecular flexibility index (Phi) is 8.58. The molecule has 4 atom stereocenters. The quantitative estimate of drug-likeness (QED) is 0.475. The van der Waals surface area contributed by atoms with E-state index in [0.29, 0.717) is 0 Å². The van der Waals surface area contributed by atoms with Crippen molar-refractivity contribution in [3.05, 3.63) is 69.2 Å². The summed E-state index contributed by atoms with van der Waals surface area (Å²) in [5.41, 5.74) is 0.346. The van der Waals surface area contributed by atoms with Gasteiger partial charge in [0.25, 0.3) is 5.91 Å². The lowest BCUT2D eigenvalue weighted by Crippen LogP contribution is -2.56. The third kappa shape index (κ3) is 6.42. The maximum Gasteiger partial charge on any atom is 0.306 e. The van der Waals surface area contributed by atoms with E-state index in [0.717, 1.165) is 18.2 Å². The maximum absolute atomic E-state index is 14.6. The van der Waals surface area contributed by atoms with Gasteiger partial charge in [0.1, 0.15) is 23.8 Å². The second-order valence-corrected chi connectivity index (χ2v) is 13.6. The van der Waals surface area contributed by atoms with Gasteiger partial charge >= 0.3 is 5.97 Å². The van der Waals surface area contributed by atoms with Crippen LogP contribution >= 0.6 is 23.2 Å². The van der Waals surface area contributed by atoms with Crippen molar-refractivity contribution < 1.29 is 36.6 Å². The molecule has 1 saturated heterocycles. The lowest BCUT2D eigenvalue weighted by molar-refractivity contribution is -0.182. The number of carbonyl (C=O) groups is 2. The molecule has 1 heterocycles. The van der Waals surface area contributed by atoms with Gasteiger partial charge in [-0.15, -0.1) is 0 Å². The van der Waals surface area contributed by atoms with Crippen LogP contribution in [0.2, 0.25) is 10.0 Å². The predicted molar refractivity (Wildman–Crippen MR) is 135 cm³/mol. The van der Waals surface area contributed by atoms with Crippen LogP contribution in [0.25, 0.3) is 0 Å². The Bertz CT molecular complexity index is 1290. The van der Waals surface area contributed by atoms with Crippen molar-refractivity contribution >= 4 is 44.9 Å². The van der Waals surface area contributed by atoms with Crippen LogP contribution < -0.4 is 0 Å². The topological polar surface area (TPSA) is 101 Å². The van der Waals surface area contributed by atoms with Gasteiger partial charge in [-0.3, -0.25) is 9.59 Å². The molecule has 1 fully saturated rings. The first kappa shape index (κ1) is 29.3. The first-order valence-electron chi connectivity index (χ1n) is 11.3. The molecule has 2 aromatic rings. The van der Waals surface area contributed by atoms with Crippen LogP contribution in [0.4, 0.5) is 8.78 Å². The van der Waals surface area contributed by atoms with Crippen LogP contribution in [0.3, 0.4) is 0 Å². The first-order valence-corrected chi connectivity index (χ1v) is 13.8. The normalized spacial score (nSPS) is 21.7. The van der Waals surface area contributed by atoms with Gasteiger partial charge in [-0.25, -0.2) is 17.2 Å². The molecule has 0 saturated carbocycles. The average molecular weight is 578 g/mol. The summed E-state index contributed by atoms with van der Waals surface area (Å²) in [5.74, 6) is -4.11. The fourth-order valence-corrected chi connectivity index (χ4v) is 5.87. The van der Waals surface area contributed by atoms with Crippen molar-refractivity contribution in [1.29, 1.82) is 0 Å². The zero-order valence-electron chi connectivity index (χ0n) is 20.5. The van der Waals surface area contributed by atoms with Crippen molar-refractivity contribution in [1.82, 2.24) is 4.90 Å². The number of sulfone groups is 1. The van der Waals surface area contributed by atoms with Gasteiger partial charge in [-0.05, 0) is 69.2 Å². The van der Waals surface area contributed by atoms with E-state index in [-0.39, 0.29) is 21.2 Å². The fraction of sp³-hybridized carbons (Fsp3) is 0.440. The van der Waals surface area contributed by atoms with Gasteiger partial charge < -0.3 is 14.7 Å². The molecule has 7 nitrogen and oxygen atoms in total. The van der Waals surface area contributed by atoms with Crippen LogP contribution in [0.5, 0.6) is 0 Å². The Hall–Kier alpha value is -2.27. The van der Waals surface area contributed by atoms with Gasteiger partial charge in [0.15, 0.2) is 9.84 Å². The maximum atomic E-state index is 14.6. The van der Waals surface area contributed by atoms with Gasteiger partial charge in [0.05, 0.1) is 28.0 Å². The summed E-state index contributed by atoms with van der Waals surface area (Å²) < 4.78 is 59.8. The highest BCUT2D eigenvalue weighted by molar-refractivity contribution is 7.92. The highest BCUT2D eigenvalue weighted by Crippen LogP contribution is 2.45. The van der Waals surface area contributed by atoms with Crippen LogP contribution in [-0.2, 0) is 24.2 Å². The Balaban J connectivity index is 2.24. The van der Waals surface area contributed by atoms with E-state index >= 15 is 0 Å². The summed E-state index contributed by atoms with van der Waals surface area (Å²) in [6.07, 6.45) is -3.46.